The number of rotatable bonds is 2. The van der Waals surface area contributed by atoms with Gasteiger partial charge in [-0.2, -0.15) is 0 Å². The van der Waals surface area contributed by atoms with E-state index >= 15 is 0 Å². The molecule has 1 amide bonds. The van der Waals surface area contributed by atoms with Gasteiger partial charge in [0.2, 0.25) is 6.41 Å². The fourth-order valence-corrected chi connectivity index (χ4v) is 1.90. The van der Waals surface area contributed by atoms with Crippen LogP contribution in [0.1, 0.15) is 33.1 Å². The van der Waals surface area contributed by atoms with Gasteiger partial charge < -0.3 is 5.32 Å². The third-order valence-electron chi connectivity index (χ3n) is 2.99. The molecule has 0 bridgehead atoms. The van der Waals surface area contributed by atoms with E-state index in [2.05, 4.69) is 19.2 Å². The maximum atomic E-state index is 10.2. The molecule has 0 saturated heterocycles. The first-order chi connectivity index (χ1) is 5.25. The quantitative estimate of drug-likeness (QED) is 0.602. The summed E-state index contributed by atoms with van der Waals surface area (Å²) >= 11 is 0. The predicted octanol–water partition coefficient (Wildman–Crippen LogP) is 1.56. The van der Waals surface area contributed by atoms with Crippen molar-refractivity contribution in [2.24, 2.45) is 11.8 Å². The highest BCUT2D eigenvalue weighted by molar-refractivity contribution is 5.46. The van der Waals surface area contributed by atoms with Crippen LogP contribution in [-0.4, -0.2) is 12.5 Å². The van der Waals surface area contributed by atoms with Crippen molar-refractivity contribution in [2.75, 3.05) is 0 Å². The predicted molar refractivity (Wildman–Crippen MR) is 45.2 cm³/mol. The van der Waals surface area contributed by atoms with Crippen LogP contribution in [0.4, 0.5) is 0 Å². The average molecular weight is 155 g/mol. The van der Waals surface area contributed by atoms with Crippen LogP contribution in [-0.2, 0) is 4.79 Å². The van der Waals surface area contributed by atoms with Crippen molar-refractivity contribution in [1.82, 2.24) is 5.32 Å². The van der Waals surface area contributed by atoms with Gasteiger partial charge in [0, 0.05) is 6.04 Å². The van der Waals surface area contributed by atoms with E-state index in [-0.39, 0.29) is 0 Å². The van der Waals surface area contributed by atoms with Crippen molar-refractivity contribution in [3.05, 3.63) is 0 Å². The fourth-order valence-electron chi connectivity index (χ4n) is 1.90. The second-order valence-corrected chi connectivity index (χ2v) is 3.66. The Balaban J connectivity index is 2.43. The van der Waals surface area contributed by atoms with Gasteiger partial charge in [0.1, 0.15) is 0 Å². The zero-order valence-corrected chi connectivity index (χ0v) is 7.34. The number of nitrogens with one attached hydrogen (secondary N) is 1. The monoisotopic (exact) mass is 155 g/mol. The van der Waals surface area contributed by atoms with Gasteiger partial charge >= 0.3 is 0 Å². The van der Waals surface area contributed by atoms with Crippen molar-refractivity contribution in [3.63, 3.8) is 0 Å². The molecule has 0 aromatic carbocycles. The van der Waals surface area contributed by atoms with E-state index in [0.717, 1.165) is 18.7 Å². The van der Waals surface area contributed by atoms with Crippen molar-refractivity contribution in [2.45, 2.75) is 39.2 Å². The molecule has 1 fully saturated rings. The summed E-state index contributed by atoms with van der Waals surface area (Å²) in [6, 6.07) is 0.427. The number of hydrogen-bond acceptors (Lipinski definition) is 1. The van der Waals surface area contributed by atoms with Crippen LogP contribution >= 0.6 is 0 Å². The van der Waals surface area contributed by atoms with Gasteiger partial charge in [0.25, 0.3) is 0 Å². The topological polar surface area (TPSA) is 29.1 Å². The molecule has 3 atom stereocenters. The lowest BCUT2D eigenvalue weighted by atomic mass is 9.78. The highest BCUT2D eigenvalue weighted by Crippen LogP contribution is 2.28. The smallest absolute Gasteiger partial charge is 0.207 e. The van der Waals surface area contributed by atoms with Crippen LogP contribution in [0, 0.1) is 11.8 Å². The third-order valence-corrected chi connectivity index (χ3v) is 2.99. The molecule has 0 aliphatic heterocycles. The van der Waals surface area contributed by atoms with Crippen molar-refractivity contribution < 1.29 is 4.79 Å². The maximum absolute atomic E-state index is 10.2. The Hall–Kier alpha value is -0.530. The van der Waals surface area contributed by atoms with E-state index in [1.165, 1.54) is 12.8 Å². The van der Waals surface area contributed by atoms with Gasteiger partial charge in [-0.05, 0) is 18.3 Å². The molecule has 1 aliphatic carbocycles. The second-order valence-electron chi connectivity index (χ2n) is 3.66. The summed E-state index contributed by atoms with van der Waals surface area (Å²) in [5.74, 6) is 1.41. The summed E-state index contributed by atoms with van der Waals surface area (Å²) in [6.45, 7) is 4.49. The Labute approximate surface area is 68.4 Å². The molecule has 1 saturated carbocycles. The molecular weight excluding hydrogens is 138 g/mol. The molecule has 1 rings (SSSR count). The van der Waals surface area contributed by atoms with Crippen molar-refractivity contribution in [3.8, 4) is 0 Å². The Bertz CT molecular complexity index is 136. The molecule has 0 spiro atoms. The molecule has 0 radical (unpaired) electrons. The van der Waals surface area contributed by atoms with Gasteiger partial charge in [-0.25, -0.2) is 0 Å². The lowest BCUT2D eigenvalue weighted by Crippen LogP contribution is -2.39. The summed E-state index contributed by atoms with van der Waals surface area (Å²) in [5, 5.41) is 2.88. The number of hydrogen-bond donors (Lipinski definition) is 1. The summed E-state index contributed by atoms with van der Waals surface area (Å²) in [7, 11) is 0. The van der Waals surface area contributed by atoms with Crippen LogP contribution in [0.15, 0.2) is 0 Å². The SMILES string of the molecule is C[C@H]1[C@@H](NC=O)CCC[C@@H]1C. The largest absolute Gasteiger partial charge is 0.356 e. The van der Waals surface area contributed by atoms with Crippen molar-refractivity contribution in [1.29, 1.82) is 0 Å². The summed E-state index contributed by atoms with van der Waals surface area (Å²) < 4.78 is 0. The molecule has 64 valence electrons. The normalized spacial score (nSPS) is 38.2. The van der Waals surface area contributed by atoms with Crippen LogP contribution < -0.4 is 5.32 Å². The minimum Gasteiger partial charge on any atom is -0.356 e. The first kappa shape index (κ1) is 8.57. The fraction of sp³-hybridized carbons (Fsp3) is 0.889. The highest BCUT2D eigenvalue weighted by atomic mass is 16.1. The molecule has 0 unspecified atom stereocenters. The van der Waals surface area contributed by atoms with Gasteiger partial charge in [-0.15, -0.1) is 0 Å². The molecule has 1 aliphatic rings. The van der Waals surface area contributed by atoms with Gasteiger partial charge in [-0.1, -0.05) is 26.7 Å². The van der Waals surface area contributed by atoms with Gasteiger partial charge in [0.05, 0.1) is 0 Å². The second kappa shape index (κ2) is 3.74. The minimum absolute atomic E-state index is 0.427. The molecular formula is C9H17NO. The lowest BCUT2D eigenvalue weighted by molar-refractivity contribution is -0.110. The number of amides is 1. The van der Waals surface area contributed by atoms with E-state index in [1.54, 1.807) is 0 Å². The molecule has 0 heterocycles. The summed E-state index contributed by atoms with van der Waals surface area (Å²) in [6.07, 6.45) is 4.57. The summed E-state index contributed by atoms with van der Waals surface area (Å²) in [4.78, 5) is 10.2. The Morgan fingerprint density at radius 1 is 1.36 bits per heavy atom. The zero-order chi connectivity index (χ0) is 8.27. The highest BCUT2D eigenvalue weighted by Gasteiger charge is 2.25. The zero-order valence-electron chi connectivity index (χ0n) is 7.34. The Morgan fingerprint density at radius 3 is 2.73 bits per heavy atom. The van der Waals surface area contributed by atoms with Crippen LogP contribution in [0.25, 0.3) is 0 Å². The van der Waals surface area contributed by atoms with Crippen LogP contribution in [0.3, 0.4) is 0 Å². The Morgan fingerprint density at radius 2 is 2.09 bits per heavy atom. The molecule has 1 N–H and O–H groups in total. The molecule has 0 aromatic rings. The maximum Gasteiger partial charge on any atom is 0.207 e. The molecule has 2 heteroatoms. The van der Waals surface area contributed by atoms with E-state index in [1.807, 2.05) is 0 Å². The molecule has 11 heavy (non-hydrogen) atoms. The summed E-state index contributed by atoms with van der Waals surface area (Å²) in [5.41, 5.74) is 0. The first-order valence-electron chi connectivity index (χ1n) is 4.45. The molecule has 2 nitrogen and oxygen atoms in total. The van der Waals surface area contributed by atoms with Crippen LogP contribution in [0.2, 0.25) is 0 Å². The first-order valence-corrected chi connectivity index (χ1v) is 4.45. The van der Waals surface area contributed by atoms with E-state index < -0.39 is 0 Å². The molecule has 0 aromatic heterocycles. The van der Waals surface area contributed by atoms with E-state index in [4.69, 9.17) is 0 Å². The number of carbonyl (C=O) groups is 1. The van der Waals surface area contributed by atoms with Crippen LogP contribution in [0.5, 0.6) is 0 Å². The van der Waals surface area contributed by atoms with E-state index in [0.29, 0.717) is 12.0 Å². The minimum atomic E-state index is 0.427. The standard InChI is InChI=1S/C9H17NO/c1-7-4-3-5-9(8(7)2)10-6-11/h6-9H,3-5H2,1-2H3,(H,10,11)/t7-,8+,9-/m0/s1. The average Bonchev–Trinajstić information content (AvgIpc) is 1.99. The Kier molecular flexibility index (Phi) is 2.92. The van der Waals surface area contributed by atoms with Gasteiger partial charge in [0.15, 0.2) is 0 Å². The van der Waals surface area contributed by atoms with Gasteiger partial charge in [-0.3, -0.25) is 4.79 Å². The third kappa shape index (κ3) is 1.95. The van der Waals surface area contributed by atoms with Crippen molar-refractivity contribution >= 4 is 6.41 Å². The number of carbonyl (C=O) groups excluding carboxylic acids is 1. The van der Waals surface area contributed by atoms with E-state index in [9.17, 15) is 4.79 Å². The lowest BCUT2D eigenvalue weighted by Gasteiger charge is -2.33.